The summed E-state index contributed by atoms with van der Waals surface area (Å²) < 4.78 is 23.0. The molecule has 0 aliphatic heterocycles. The second-order valence-corrected chi connectivity index (χ2v) is 6.17. The van der Waals surface area contributed by atoms with E-state index in [0.717, 1.165) is 24.1 Å². The monoisotopic (exact) mass is 241 g/mol. The number of aryl methyl sites for hydroxylation is 1. The van der Waals surface area contributed by atoms with Crippen molar-refractivity contribution < 1.29 is 8.42 Å². The van der Waals surface area contributed by atoms with Crippen LogP contribution >= 0.6 is 0 Å². The number of sulfone groups is 1. The molecular formula is C12H19NO2S. The number of benzene rings is 1. The molecule has 0 aliphatic carbocycles. The summed E-state index contributed by atoms with van der Waals surface area (Å²) in [6, 6.07) is 3.53. The quantitative estimate of drug-likeness (QED) is 0.868. The Labute approximate surface area is 97.8 Å². The second kappa shape index (κ2) is 4.97. The molecule has 0 amide bonds. The van der Waals surface area contributed by atoms with Gasteiger partial charge in [-0.3, -0.25) is 0 Å². The van der Waals surface area contributed by atoms with Gasteiger partial charge in [0.15, 0.2) is 9.84 Å². The van der Waals surface area contributed by atoms with E-state index in [9.17, 15) is 8.42 Å². The van der Waals surface area contributed by atoms with Gasteiger partial charge in [0, 0.05) is 6.26 Å². The summed E-state index contributed by atoms with van der Waals surface area (Å²) in [5.41, 5.74) is 3.33. The van der Waals surface area contributed by atoms with Gasteiger partial charge < -0.3 is 5.32 Å². The molecule has 0 saturated heterocycles. The first-order valence-electron chi connectivity index (χ1n) is 5.31. The Balaban J connectivity index is 3.22. The molecule has 0 saturated carbocycles. The third-order valence-electron chi connectivity index (χ3n) is 2.82. The minimum Gasteiger partial charge on any atom is -0.319 e. The molecule has 0 bridgehead atoms. The van der Waals surface area contributed by atoms with E-state index in [0.29, 0.717) is 4.90 Å². The summed E-state index contributed by atoms with van der Waals surface area (Å²) >= 11 is 0. The topological polar surface area (TPSA) is 46.2 Å². The van der Waals surface area contributed by atoms with Crippen LogP contribution < -0.4 is 5.32 Å². The van der Waals surface area contributed by atoms with Gasteiger partial charge in [-0.15, -0.1) is 0 Å². The Hall–Kier alpha value is -0.870. The van der Waals surface area contributed by atoms with E-state index in [-0.39, 0.29) is 0 Å². The Bertz CT molecular complexity index is 478. The van der Waals surface area contributed by atoms with Crippen LogP contribution in [0, 0.1) is 13.8 Å². The van der Waals surface area contributed by atoms with Crippen molar-refractivity contribution in [2.45, 2.75) is 25.2 Å². The average Bonchev–Trinajstić information content (AvgIpc) is 2.18. The van der Waals surface area contributed by atoms with Crippen LogP contribution in [0.4, 0.5) is 0 Å². The Morgan fingerprint density at radius 3 is 2.38 bits per heavy atom. The van der Waals surface area contributed by atoms with Gasteiger partial charge in [0.2, 0.25) is 0 Å². The maximum absolute atomic E-state index is 11.5. The molecule has 0 fully saturated rings. The first-order valence-corrected chi connectivity index (χ1v) is 7.20. The third kappa shape index (κ3) is 3.06. The van der Waals surface area contributed by atoms with E-state index in [4.69, 9.17) is 0 Å². The van der Waals surface area contributed by atoms with Gasteiger partial charge in [-0.2, -0.15) is 0 Å². The molecule has 3 nitrogen and oxygen atoms in total. The van der Waals surface area contributed by atoms with E-state index < -0.39 is 9.84 Å². The fraction of sp³-hybridized carbons (Fsp3) is 0.500. The molecule has 1 rings (SSSR count). The van der Waals surface area contributed by atoms with Crippen molar-refractivity contribution in [3.63, 3.8) is 0 Å². The number of hydrogen-bond donors (Lipinski definition) is 1. The van der Waals surface area contributed by atoms with Crippen LogP contribution in [-0.4, -0.2) is 28.3 Å². The minimum atomic E-state index is -3.11. The average molecular weight is 241 g/mol. The van der Waals surface area contributed by atoms with E-state index in [1.807, 2.05) is 20.9 Å². The predicted molar refractivity (Wildman–Crippen MR) is 66.7 cm³/mol. The summed E-state index contributed by atoms with van der Waals surface area (Å²) in [5.74, 6) is 0. The van der Waals surface area contributed by atoms with Crippen molar-refractivity contribution in [2.24, 2.45) is 0 Å². The van der Waals surface area contributed by atoms with Gasteiger partial charge in [0.1, 0.15) is 0 Å². The summed E-state index contributed by atoms with van der Waals surface area (Å²) in [6.07, 6.45) is 2.10. The number of rotatable bonds is 4. The van der Waals surface area contributed by atoms with Gasteiger partial charge in [-0.05, 0) is 62.7 Å². The second-order valence-electron chi connectivity index (χ2n) is 4.15. The first-order chi connectivity index (χ1) is 7.36. The van der Waals surface area contributed by atoms with Crippen LogP contribution in [0.25, 0.3) is 0 Å². The van der Waals surface area contributed by atoms with E-state index in [1.54, 1.807) is 12.1 Å². The van der Waals surface area contributed by atoms with Crippen LogP contribution in [0.2, 0.25) is 0 Å². The number of likely N-dealkylation sites (N-methyl/N-ethyl adjacent to an activating group) is 1. The van der Waals surface area contributed by atoms with Gasteiger partial charge in [0.05, 0.1) is 4.90 Å². The van der Waals surface area contributed by atoms with Crippen molar-refractivity contribution in [3.8, 4) is 0 Å². The molecule has 90 valence electrons. The zero-order valence-corrected chi connectivity index (χ0v) is 11.1. The van der Waals surface area contributed by atoms with Gasteiger partial charge in [0.25, 0.3) is 0 Å². The minimum absolute atomic E-state index is 0.418. The molecule has 0 unspecified atom stereocenters. The summed E-state index contributed by atoms with van der Waals surface area (Å²) in [5, 5.41) is 3.07. The molecular weight excluding hydrogens is 222 g/mol. The third-order valence-corrected chi connectivity index (χ3v) is 3.91. The standard InChI is InChI=1S/C12H19NO2S/c1-9-7-12(16(4,14)15)8-11(10(9)2)5-6-13-3/h7-8,13H,5-6H2,1-4H3. The number of hydrogen-bond acceptors (Lipinski definition) is 3. The highest BCUT2D eigenvalue weighted by atomic mass is 32.2. The van der Waals surface area contributed by atoms with Crippen molar-refractivity contribution in [3.05, 3.63) is 28.8 Å². The van der Waals surface area contributed by atoms with Crippen molar-refractivity contribution >= 4 is 9.84 Å². The Morgan fingerprint density at radius 1 is 1.25 bits per heavy atom. The maximum Gasteiger partial charge on any atom is 0.175 e. The lowest BCUT2D eigenvalue weighted by atomic mass is 10.0. The fourth-order valence-corrected chi connectivity index (χ4v) is 2.38. The lowest BCUT2D eigenvalue weighted by molar-refractivity contribution is 0.601. The van der Waals surface area contributed by atoms with Gasteiger partial charge >= 0.3 is 0 Å². The molecule has 0 spiro atoms. The smallest absolute Gasteiger partial charge is 0.175 e. The highest BCUT2D eigenvalue weighted by Crippen LogP contribution is 2.20. The van der Waals surface area contributed by atoms with Gasteiger partial charge in [-0.25, -0.2) is 8.42 Å². The first kappa shape index (κ1) is 13.2. The lowest BCUT2D eigenvalue weighted by Gasteiger charge is -2.11. The normalized spacial score (nSPS) is 11.8. The molecule has 0 radical (unpaired) electrons. The summed E-state index contributed by atoms with van der Waals surface area (Å²) in [4.78, 5) is 0.418. The van der Waals surface area contributed by atoms with Crippen LogP contribution in [-0.2, 0) is 16.3 Å². The Morgan fingerprint density at radius 2 is 1.88 bits per heavy atom. The van der Waals surface area contributed by atoms with Crippen LogP contribution in [0.3, 0.4) is 0 Å². The molecule has 0 aromatic heterocycles. The van der Waals surface area contributed by atoms with Crippen molar-refractivity contribution in [1.82, 2.24) is 5.32 Å². The van der Waals surface area contributed by atoms with Crippen molar-refractivity contribution in [1.29, 1.82) is 0 Å². The number of nitrogens with one attached hydrogen (secondary N) is 1. The molecule has 16 heavy (non-hydrogen) atoms. The predicted octanol–water partition coefficient (Wildman–Crippen LogP) is 1.47. The highest BCUT2D eigenvalue weighted by molar-refractivity contribution is 7.90. The maximum atomic E-state index is 11.5. The lowest BCUT2D eigenvalue weighted by Crippen LogP contribution is -2.12. The summed E-state index contributed by atoms with van der Waals surface area (Å²) in [7, 11) is -1.22. The Kier molecular flexibility index (Phi) is 4.10. The zero-order valence-electron chi connectivity index (χ0n) is 10.3. The van der Waals surface area contributed by atoms with Crippen LogP contribution in [0.1, 0.15) is 16.7 Å². The van der Waals surface area contributed by atoms with E-state index in [1.165, 1.54) is 11.8 Å². The molecule has 0 aliphatic rings. The molecule has 4 heteroatoms. The van der Waals surface area contributed by atoms with Crippen LogP contribution in [0.15, 0.2) is 17.0 Å². The van der Waals surface area contributed by atoms with Gasteiger partial charge in [-0.1, -0.05) is 0 Å². The van der Waals surface area contributed by atoms with E-state index in [2.05, 4.69) is 5.32 Å². The van der Waals surface area contributed by atoms with Crippen LogP contribution in [0.5, 0.6) is 0 Å². The summed E-state index contributed by atoms with van der Waals surface area (Å²) in [6.45, 7) is 4.84. The SMILES string of the molecule is CNCCc1cc(S(C)(=O)=O)cc(C)c1C. The highest BCUT2D eigenvalue weighted by Gasteiger charge is 2.11. The van der Waals surface area contributed by atoms with Crippen molar-refractivity contribution in [2.75, 3.05) is 19.8 Å². The molecule has 1 aromatic rings. The molecule has 1 N–H and O–H groups in total. The van der Waals surface area contributed by atoms with E-state index >= 15 is 0 Å². The zero-order chi connectivity index (χ0) is 12.3. The molecule has 1 aromatic carbocycles. The molecule has 0 heterocycles. The largest absolute Gasteiger partial charge is 0.319 e. The fourth-order valence-electron chi connectivity index (χ4n) is 1.63. The molecule has 0 atom stereocenters.